The highest BCUT2D eigenvalue weighted by atomic mass is 35.5. The zero-order valence-electron chi connectivity index (χ0n) is 11.6. The first kappa shape index (κ1) is 16.5. The van der Waals surface area contributed by atoms with Crippen LogP contribution in [0.3, 0.4) is 0 Å². The molecule has 0 bridgehead atoms. The number of amides is 1. The van der Waals surface area contributed by atoms with E-state index >= 15 is 0 Å². The van der Waals surface area contributed by atoms with E-state index in [1.54, 1.807) is 12.1 Å². The first-order valence-electron chi connectivity index (χ1n) is 6.43. The van der Waals surface area contributed by atoms with Crippen molar-refractivity contribution in [1.29, 1.82) is 0 Å². The molecular weight excluding hydrogens is 329 g/mol. The van der Waals surface area contributed by atoms with Crippen LogP contribution in [0.2, 0.25) is 5.02 Å². The second-order valence-electron chi connectivity index (χ2n) is 4.48. The molecule has 0 aromatic heterocycles. The summed E-state index contributed by atoms with van der Waals surface area (Å²) in [5.74, 6) is -1.25. The number of hydrogen-bond donors (Lipinski definition) is 1. The number of nitrogens with one attached hydrogen (secondary N) is 1. The zero-order valence-corrected chi connectivity index (χ0v) is 13.2. The quantitative estimate of drug-likeness (QED) is 0.925. The summed E-state index contributed by atoms with van der Waals surface area (Å²) in [6.45, 7) is 1.52. The monoisotopic (exact) mass is 341 g/mol. The summed E-state index contributed by atoms with van der Waals surface area (Å²) >= 11 is 5.83. The second-order valence-corrected chi connectivity index (χ2v) is 7.13. The molecule has 0 aliphatic rings. The maximum atomic E-state index is 13.0. The summed E-state index contributed by atoms with van der Waals surface area (Å²) in [4.78, 5) is 12.2. The lowest BCUT2D eigenvalue weighted by molar-refractivity contribution is 0.102. The van der Waals surface area contributed by atoms with Crippen LogP contribution < -0.4 is 5.32 Å². The molecule has 0 unspecified atom stereocenters. The highest BCUT2D eigenvalue weighted by Gasteiger charge is 2.19. The summed E-state index contributed by atoms with van der Waals surface area (Å²) in [7, 11) is -3.48. The molecule has 2 aromatic rings. The van der Waals surface area contributed by atoms with Gasteiger partial charge in [0.05, 0.1) is 26.9 Å². The van der Waals surface area contributed by atoms with Gasteiger partial charge in [-0.05, 0) is 30.3 Å². The van der Waals surface area contributed by atoms with Crippen molar-refractivity contribution in [3.05, 3.63) is 58.9 Å². The maximum absolute atomic E-state index is 13.0. The fraction of sp³-hybridized carbons (Fsp3) is 0.133. The first-order valence-corrected chi connectivity index (χ1v) is 8.46. The predicted octanol–water partition coefficient (Wildman–Crippen LogP) is 3.53. The van der Waals surface area contributed by atoms with Crippen molar-refractivity contribution in [3.8, 4) is 0 Å². The first-order chi connectivity index (χ1) is 10.3. The number of hydrogen-bond acceptors (Lipinski definition) is 3. The number of para-hydroxylation sites is 1. The van der Waals surface area contributed by atoms with E-state index in [1.807, 2.05) is 0 Å². The molecule has 0 fully saturated rings. The van der Waals surface area contributed by atoms with Gasteiger partial charge in [-0.3, -0.25) is 4.79 Å². The zero-order chi connectivity index (χ0) is 16.3. The van der Waals surface area contributed by atoms with Crippen molar-refractivity contribution in [2.75, 3.05) is 11.1 Å². The van der Waals surface area contributed by atoms with Gasteiger partial charge in [0.2, 0.25) is 0 Å². The highest BCUT2D eigenvalue weighted by molar-refractivity contribution is 7.91. The van der Waals surface area contributed by atoms with Gasteiger partial charge in [-0.25, -0.2) is 12.8 Å². The molecule has 0 aliphatic carbocycles. The topological polar surface area (TPSA) is 63.2 Å². The van der Waals surface area contributed by atoms with Gasteiger partial charge in [0, 0.05) is 0 Å². The van der Waals surface area contributed by atoms with Gasteiger partial charge < -0.3 is 5.32 Å². The third-order valence-corrected chi connectivity index (χ3v) is 5.13. The average Bonchev–Trinajstić information content (AvgIpc) is 2.47. The van der Waals surface area contributed by atoms with Gasteiger partial charge >= 0.3 is 0 Å². The molecule has 116 valence electrons. The lowest BCUT2D eigenvalue weighted by Crippen LogP contribution is -2.16. The number of halogens is 2. The minimum atomic E-state index is -3.48. The molecular formula is C15H13ClFNO3S. The van der Waals surface area contributed by atoms with Gasteiger partial charge in [0.15, 0.2) is 9.84 Å². The van der Waals surface area contributed by atoms with Crippen molar-refractivity contribution in [2.45, 2.75) is 11.8 Å². The van der Waals surface area contributed by atoms with Crippen LogP contribution in [0.15, 0.2) is 47.4 Å². The fourth-order valence-corrected chi connectivity index (χ4v) is 3.16. The number of sulfone groups is 1. The van der Waals surface area contributed by atoms with Gasteiger partial charge in [0.25, 0.3) is 5.91 Å². The van der Waals surface area contributed by atoms with Gasteiger partial charge in [-0.15, -0.1) is 0 Å². The molecule has 2 aromatic carbocycles. The summed E-state index contributed by atoms with van der Waals surface area (Å²) in [5, 5.41) is 2.45. The lowest BCUT2D eigenvalue weighted by Gasteiger charge is -2.11. The Kier molecular flexibility index (Phi) is 4.83. The normalized spacial score (nSPS) is 11.2. The van der Waals surface area contributed by atoms with Gasteiger partial charge in [-0.1, -0.05) is 30.7 Å². The maximum Gasteiger partial charge on any atom is 0.257 e. The largest absolute Gasteiger partial charge is 0.321 e. The van der Waals surface area contributed by atoms with Crippen molar-refractivity contribution < 1.29 is 17.6 Å². The lowest BCUT2D eigenvalue weighted by atomic mass is 10.2. The molecule has 1 amide bonds. The molecule has 0 spiro atoms. The number of rotatable bonds is 4. The summed E-state index contributed by atoms with van der Waals surface area (Å²) in [6, 6.07) is 9.45. The minimum absolute atomic E-state index is 0.0316. The Morgan fingerprint density at radius 3 is 2.55 bits per heavy atom. The molecule has 4 nitrogen and oxygen atoms in total. The number of anilines is 1. The van der Waals surface area contributed by atoms with Crippen LogP contribution in [0.4, 0.5) is 10.1 Å². The van der Waals surface area contributed by atoms with Crippen LogP contribution in [0, 0.1) is 5.82 Å². The molecule has 0 aliphatic heterocycles. The van der Waals surface area contributed by atoms with E-state index in [9.17, 15) is 17.6 Å². The van der Waals surface area contributed by atoms with Gasteiger partial charge in [0.1, 0.15) is 5.82 Å². The third kappa shape index (κ3) is 3.45. The molecule has 22 heavy (non-hydrogen) atoms. The molecule has 7 heteroatoms. The Balaban J connectivity index is 2.37. The van der Waals surface area contributed by atoms with E-state index in [4.69, 9.17) is 11.6 Å². The summed E-state index contributed by atoms with van der Waals surface area (Å²) in [5.41, 5.74) is 0.224. The molecule has 0 heterocycles. The van der Waals surface area contributed by atoms with Crippen LogP contribution in [0.25, 0.3) is 0 Å². The molecule has 2 rings (SSSR count). The predicted molar refractivity (Wildman–Crippen MR) is 83.5 cm³/mol. The van der Waals surface area contributed by atoms with Crippen LogP contribution in [0.1, 0.15) is 17.3 Å². The Morgan fingerprint density at radius 1 is 1.23 bits per heavy atom. The summed E-state index contributed by atoms with van der Waals surface area (Å²) in [6.07, 6.45) is 0. The molecule has 1 N–H and O–H groups in total. The van der Waals surface area contributed by atoms with Crippen molar-refractivity contribution >= 4 is 33.0 Å². The summed E-state index contributed by atoms with van der Waals surface area (Å²) < 4.78 is 37.1. The molecule has 0 atom stereocenters. The van der Waals surface area contributed by atoms with E-state index in [0.29, 0.717) is 0 Å². The Hall–Kier alpha value is -1.92. The standard InChI is InChI=1S/C15H13ClFNO3S/c1-2-22(20,21)14-6-4-3-5-13(14)18-15(19)11-8-7-10(17)9-12(11)16/h3-9H,2H2,1H3,(H,18,19). The van der Waals surface area contributed by atoms with Crippen LogP contribution in [-0.2, 0) is 9.84 Å². The number of benzene rings is 2. The fourth-order valence-electron chi connectivity index (χ4n) is 1.86. The minimum Gasteiger partial charge on any atom is -0.321 e. The smallest absolute Gasteiger partial charge is 0.257 e. The van der Waals surface area contributed by atoms with Gasteiger partial charge in [-0.2, -0.15) is 0 Å². The van der Waals surface area contributed by atoms with E-state index in [1.165, 1.54) is 25.1 Å². The SMILES string of the molecule is CCS(=O)(=O)c1ccccc1NC(=O)c1ccc(F)cc1Cl. The highest BCUT2D eigenvalue weighted by Crippen LogP contribution is 2.24. The Morgan fingerprint density at radius 2 is 1.91 bits per heavy atom. The molecule has 0 saturated heterocycles. The number of carbonyl (C=O) groups excluding carboxylic acids is 1. The Bertz CT molecular complexity index is 821. The van der Waals surface area contributed by atoms with Crippen LogP contribution in [-0.4, -0.2) is 20.1 Å². The van der Waals surface area contributed by atoms with E-state index < -0.39 is 21.6 Å². The van der Waals surface area contributed by atoms with Crippen molar-refractivity contribution in [3.63, 3.8) is 0 Å². The van der Waals surface area contributed by atoms with E-state index in [0.717, 1.165) is 12.1 Å². The van der Waals surface area contributed by atoms with Crippen LogP contribution in [0.5, 0.6) is 0 Å². The Labute approximate surface area is 132 Å². The molecule has 0 radical (unpaired) electrons. The molecule has 0 saturated carbocycles. The third-order valence-electron chi connectivity index (χ3n) is 3.03. The van der Waals surface area contributed by atoms with E-state index in [2.05, 4.69) is 5.32 Å². The number of carbonyl (C=O) groups is 1. The van der Waals surface area contributed by atoms with Crippen molar-refractivity contribution in [1.82, 2.24) is 0 Å². The second kappa shape index (κ2) is 6.46. The van der Waals surface area contributed by atoms with Crippen molar-refractivity contribution in [2.24, 2.45) is 0 Å². The van der Waals surface area contributed by atoms with E-state index in [-0.39, 0.29) is 26.9 Å². The van der Waals surface area contributed by atoms with Crippen LogP contribution >= 0.6 is 11.6 Å². The average molecular weight is 342 g/mol.